The van der Waals surface area contributed by atoms with E-state index < -0.39 is 12.1 Å². The van der Waals surface area contributed by atoms with E-state index in [2.05, 4.69) is 19.2 Å². The summed E-state index contributed by atoms with van der Waals surface area (Å²) in [5, 5.41) is 23.2. The van der Waals surface area contributed by atoms with Crippen LogP contribution in [0.25, 0.3) is 0 Å². The number of rotatable bonds is 61. The highest BCUT2D eigenvalue weighted by molar-refractivity contribution is 5.76. The van der Waals surface area contributed by atoms with Crippen LogP contribution >= 0.6 is 0 Å². The lowest BCUT2D eigenvalue weighted by Crippen LogP contribution is -2.45. The second-order valence-electron chi connectivity index (χ2n) is 22.5. The summed E-state index contributed by atoms with van der Waals surface area (Å²) in [4.78, 5) is 24.5. The van der Waals surface area contributed by atoms with Crippen LogP contribution in [0.1, 0.15) is 373 Å². The molecule has 0 aromatic carbocycles. The molecule has 0 aromatic rings. The molecule has 0 saturated carbocycles. The van der Waals surface area contributed by atoms with E-state index >= 15 is 0 Å². The Balaban J connectivity index is 3.29. The smallest absolute Gasteiger partial charge is 0.305 e. The minimum absolute atomic E-state index is 0.0225. The van der Waals surface area contributed by atoms with Crippen molar-refractivity contribution in [3.8, 4) is 0 Å². The number of ether oxygens (including phenoxy) is 1. The molecule has 2 unspecified atom stereocenters. The van der Waals surface area contributed by atoms with Crippen LogP contribution in [0.2, 0.25) is 0 Å². The molecule has 0 spiro atoms. The molecule has 0 rings (SSSR count). The molecule has 0 aliphatic heterocycles. The summed E-state index contributed by atoms with van der Waals surface area (Å²) < 4.78 is 5.50. The maximum Gasteiger partial charge on any atom is 0.305 e. The summed E-state index contributed by atoms with van der Waals surface area (Å²) in [6, 6.07) is -0.536. The van der Waals surface area contributed by atoms with E-state index in [-0.39, 0.29) is 18.5 Å². The lowest BCUT2D eigenvalue weighted by Gasteiger charge is -2.22. The Morgan fingerprint density at radius 2 is 0.586 bits per heavy atom. The van der Waals surface area contributed by atoms with E-state index in [9.17, 15) is 19.8 Å². The first kappa shape index (κ1) is 68.9. The number of carbonyl (C=O) groups is 2. The molecule has 0 aromatic heterocycles. The fraction of sp³-hybridized carbons (Fsp3) is 0.969. The van der Waals surface area contributed by atoms with Crippen molar-refractivity contribution in [2.75, 3.05) is 13.2 Å². The van der Waals surface area contributed by atoms with Gasteiger partial charge in [0.05, 0.1) is 25.4 Å². The molecule has 70 heavy (non-hydrogen) atoms. The number of esters is 1. The lowest BCUT2D eigenvalue weighted by molar-refractivity contribution is -0.143. The standard InChI is InChI=1S/C64H127NO5/c1-3-5-7-9-11-13-15-16-31-35-38-42-46-50-54-58-64(69)70-59-55-51-47-43-39-36-33-30-28-26-24-22-20-18-17-19-21-23-25-27-29-32-34-37-41-45-49-53-57-63(68)65-61(60-66)62(67)56-52-48-44-40-14-12-10-8-6-4-2/h61-62,66-67H,3-60H2,1-2H3,(H,65,68). The zero-order chi connectivity index (χ0) is 50.7. The van der Waals surface area contributed by atoms with Gasteiger partial charge < -0.3 is 20.3 Å². The molecule has 418 valence electrons. The highest BCUT2D eigenvalue weighted by atomic mass is 16.5. The maximum atomic E-state index is 12.4. The first-order valence-electron chi connectivity index (χ1n) is 32.3. The largest absolute Gasteiger partial charge is 0.466 e. The predicted molar refractivity (Wildman–Crippen MR) is 306 cm³/mol. The molecule has 2 atom stereocenters. The third kappa shape index (κ3) is 56.2. The van der Waals surface area contributed by atoms with Gasteiger partial charge in [-0.1, -0.05) is 335 Å². The van der Waals surface area contributed by atoms with E-state index in [0.717, 1.165) is 38.5 Å². The van der Waals surface area contributed by atoms with Gasteiger partial charge in [0, 0.05) is 12.8 Å². The first-order chi connectivity index (χ1) is 34.5. The normalized spacial score (nSPS) is 12.5. The van der Waals surface area contributed by atoms with Crippen LogP contribution in [-0.2, 0) is 14.3 Å². The lowest BCUT2D eigenvalue weighted by atomic mass is 10.0. The van der Waals surface area contributed by atoms with Crippen LogP contribution in [0, 0.1) is 0 Å². The number of aliphatic hydroxyl groups excluding tert-OH is 2. The summed E-state index contributed by atoms with van der Waals surface area (Å²) >= 11 is 0. The summed E-state index contributed by atoms with van der Waals surface area (Å²) in [5.41, 5.74) is 0. The van der Waals surface area contributed by atoms with E-state index in [4.69, 9.17) is 4.74 Å². The van der Waals surface area contributed by atoms with Crippen LogP contribution in [-0.4, -0.2) is 47.4 Å². The van der Waals surface area contributed by atoms with Crippen molar-refractivity contribution in [2.24, 2.45) is 0 Å². The predicted octanol–water partition coefficient (Wildman–Crippen LogP) is 20.3. The number of hydrogen-bond acceptors (Lipinski definition) is 5. The van der Waals surface area contributed by atoms with Crippen molar-refractivity contribution in [1.82, 2.24) is 5.32 Å². The second-order valence-corrected chi connectivity index (χ2v) is 22.5. The molecule has 0 radical (unpaired) electrons. The zero-order valence-corrected chi connectivity index (χ0v) is 47.8. The third-order valence-corrected chi connectivity index (χ3v) is 15.4. The SMILES string of the molecule is CCCCCCCCCCCCCCCCCC(=O)OCCCCCCCCCCCCCCCCCCCCCCCCCCCCCCC(=O)NC(CO)C(O)CCCCCCCCCCCC. The molecule has 3 N–H and O–H groups in total. The number of unbranched alkanes of at least 4 members (excludes halogenated alkanes) is 50. The number of aliphatic hydroxyl groups is 2. The Morgan fingerprint density at radius 1 is 0.343 bits per heavy atom. The molecule has 1 amide bonds. The quantitative estimate of drug-likeness (QED) is 0.0417. The highest BCUT2D eigenvalue weighted by Crippen LogP contribution is 2.19. The fourth-order valence-corrected chi connectivity index (χ4v) is 10.5. The van der Waals surface area contributed by atoms with Crippen molar-refractivity contribution in [2.45, 2.75) is 386 Å². The number of hydrogen-bond donors (Lipinski definition) is 3. The van der Waals surface area contributed by atoms with Gasteiger partial charge in [-0.15, -0.1) is 0 Å². The van der Waals surface area contributed by atoms with Crippen LogP contribution < -0.4 is 5.32 Å². The van der Waals surface area contributed by atoms with Gasteiger partial charge in [0.2, 0.25) is 5.91 Å². The monoisotopic (exact) mass is 990 g/mol. The number of carbonyl (C=O) groups excluding carboxylic acids is 2. The zero-order valence-electron chi connectivity index (χ0n) is 47.8. The molecule has 6 heteroatoms. The second kappa shape index (κ2) is 60.4. The van der Waals surface area contributed by atoms with Crippen molar-refractivity contribution in [1.29, 1.82) is 0 Å². The molecule has 0 saturated heterocycles. The van der Waals surface area contributed by atoms with Crippen LogP contribution in [0.15, 0.2) is 0 Å². The third-order valence-electron chi connectivity index (χ3n) is 15.4. The molecule has 0 aliphatic rings. The van der Waals surface area contributed by atoms with Crippen LogP contribution in [0.4, 0.5) is 0 Å². The number of nitrogens with one attached hydrogen (secondary N) is 1. The molecule has 0 bridgehead atoms. The van der Waals surface area contributed by atoms with Gasteiger partial charge in [-0.25, -0.2) is 0 Å². The van der Waals surface area contributed by atoms with Gasteiger partial charge in [0.1, 0.15) is 0 Å². The molecular weight excluding hydrogens is 863 g/mol. The Bertz CT molecular complexity index is 1010. The number of amides is 1. The maximum absolute atomic E-state index is 12.4. The van der Waals surface area contributed by atoms with Crippen molar-refractivity contribution >= 4 is 11.9 Å². The Labute approximate surface area is 438 Å². The van der Waals surface area contributed by atoms with Crippen molar-refractivity contribution in [3.63, 3.8) is 0 Å². The van der Waals surface area contributed by atoms with E-state index in [0.29, 0.717) is 25.9 Å². The Kier molecular flexibility index (Phi) is 59.4. The first-order valence-corrected chi connectivity index (χ1v) is 32.3. The van der Waals surface area contributed by atoms with Crippen LogP contribution in [0.3, 0.4) is 0 Å². The molecule has 0 aliphatic carbocycles. The van der Waals surface area contributed by atoms with Crippen molar-refractivity contribution in [3.05, 3.63) is 0 Å². The Morgan fingerprint density at radius 3 is 0.871 bits per heavy atom. The summed E-state index contributed by atoms with van der Waals surface area (Å²) in [7, 11) is 0. The van der Waals surface area contributed by atoms with E-state index in [1.165, 1.54) is 302 Å². The molecule has 0 fully saturated rings. The summed E-state index contributed by atoms with van der Waals surface area (Å²) in [6.07, 6.45) is 71.4. The van der Waals surface area contributed by atoms with Gasteiger partial charge in [-0.3, -0.25) is 9.59 Å². The van der Waals surface area contributed by atoms with Crippen molar-refractivity contribution < 1.29 is 24.5 Å². The Hall–Kier alpha value is -1.14. The topological polar surface area (TPSA) is 95.9 Å². The van der Waals surface area contributed by atoms with Gasteiger partial charge in [0.15, 0.2) is 0 Å². The average molecular weight is 991 g/mol. The van der Waals surface area contributed by atoms with Gasteiger partial charge in [-0.05, 0) is 25.7 Å². The molecular formula is C64H127NO5. The molecule has 0 heterocycles. The van der Waals surface area contributed by atoms with E-state index in [1.807, 2.05) is 0 Å². The highest BCUT2D eigenvalue weighted by Gasteiger charge is 2.20. The summed E-state index contributed by atoms with van der Waals surface area (Å²) in [5.74, 6) is -0.00874. The van der Waals surface area contributed by atoms with Gasteiger partial charge in [-0.2, -0.15) is 0 Å². The van der Waals surface area contributed by atoms with Gasteiger partial charge in [0.25, 0.3) is 0 Å². The van der Waals surface area contributed by atoms with Gasteiger partial charge >= 0.3 is 5.97 Å². The summed E-state index contributed by atoms with van der Waals surface area (Å²) in [6.45, 7) is 4.97. The fourth-order valence-electron chi connectivity index (χ4n) is 10.5. The van der Waals surface area contributed by atoms with Crippen LogP contribution in [0.5, 0.6) is 0 Å². The average Bonchev–Trinajstić information content (AvgIpc) is 3.36. The van der Waals surface area contributed by atoms with E-state index in [1.54, 1.807) is 0 Å². The minimum atomic E-state index is -0.659. The molecule has 6 nitrogen and oxygen atoms in total. The minimum Gasteiger partial charge on any atom is -0.466 e.